The molecule has 0 saturated carbocycles. The summed E-state index contributed by atoms with van der Waals surface area (Å²) in [5.74, 6) is -0.0681. The fourth-order valence-corrected chi connectivity index (χ4v) is 3.81. The van der Waals surface area contributed by atoms with Gasteiger partial charge in [0.25, 0.3) is 5.91 Å². The van der Waals surface area contributed by atoms with Crippen LogP contribution in [0.15, 0.2) is 11.1 Å². The summed E-state index contributed by atoms with van der Waals surface area (Å²) in [7, 11) is 0. The van der Waals surface area contributed by atoms with Crippen LogP contribution in [0.25, 0.3) is 11.2 Å². The Morgan fingerprint density at radius 3 is 2.81 bits per heavy atom. The molecule has 1 amide bonds. The standard InChI is InChI=1S/C17H23BrN6O3/c1-10(27-11(2)25)16(26)23-6-3-12(4-7-23)5-8-24-9-20-14(19)13-15(24)22-17(18)21-13/h9-10,12,19H,3-8H2,1-2H3,(H,21,22)/t10-/m0/s1. The van der Waals surface area contributed by atoms with Crippen LogP contribution in [0, 0.1) is 11.3 Å². The average molecular weight is 439 g/mol. The second-order valence-electron chi connectivity index (χ2n) is 6.82. The number of aromatic amines is 1. The largest absolute Gasteiger partial charge is 0.453 e. The number of H-pyrrole nitrogens is 1. The molecule has 0 unspecified atom stereocenters. The average Bonchev–Trinajstić information content (AvgIpc) is 3.03. The number of ether oxygens (including phenoxy) is 1. The van der Waals surface area contributed by atoms with Crippen molar-refractivity contribution < 1.29 is 14.3 Å². The molecule has 2 aromatic heterocycles. The van der Waals surface area contributed by atoms with Crippen molar-refractivity contribution in [2.24, 2.45) is 5.92 Å². The maximum atomic E-state index is 12.3. The number of nitrogens with zero attached hydrogens (tertiary/aromatic N) is 4. The van der Waals surface area contributed by atoms with E-state index in [1.54, 1.807) is 18.2 Å². The van der Waals surface area contributed by atoms with Crippen molar-refractivity contribution in [1.82, 2.24) is 24.4 Å². The van der Waals surface area contributed by atoms with Crippen LogP contribution in [0.2, 0.25) is 0 Å². The van der Waals surface area contributed by atoms with Crippen molar-refractivity contribution in [2.75, 3.05) is 13.1 Å². The number of halogens is 1. The second kappa shape index (κ2) is 8.20. The zero-order valence-electron chi connectivity index (χ0n) is 15.4. The van der Waals surface area contributed by atoms with Gasteiger partial charge in [-0.2, -0.15) is 0 Å². The van der Waals surface area contributed by atoms with Crippen molar-refractivity contribution in [3.63, 3.8) is 0 Å². The van der Waals surface area contributed by atoms with Gasteiger partial charge in [0.1, 0.15) is 5.52 Å². The summed E-state index contributed by atoms with van der Waals surface area (Å²) in [6.45, 7) is 5.02. The molecule has 2 aromatic rings. The highest BCUT2D eigenvalue weighted by molar-refractivity contribution is 9.10. The maximum absolute atomic E-state index is 12.3. The fourth-order valence-electron chi connectivity index (χ4n) is 3.44. The van der Waals surface area contributed by atoms with Crippen LogP contribution < -0.4 is 5.49 Å². The number of nitrogens with one attached hydrogen (secondary N) is 2. The van der Waals surface area contributed by atoms with E-state index in [2.05, 4.69) is 30.9 Å². The highest BCUT2D eigenvalue weighted by atomic mass is 79.9. The van der Waals surface area contributed by atoms with E-state index in [0.717, 1.165) is 25.8 Å². The molecule has 0 radical (unpaired) electrons. The van der Waals surface area contributed by atoms with Gasteiger partial charge in [0, 0.05) is 26.6 Å². The fraction of sp³-hybridized carbons (Fsp3) is 0.588. The highest BCUT2D eigenvalue weighted by Crippen LogP contribution is 2.22. The zero-order valence-corrected chi connectivity index (χ0v) is 17.0. The number of hydrogen-bond acceptors (Lipinski definition) is 6. The van der Waals surface area contributed by atoms with E-state index in [-0.39, 0.29) is 11.4 Å². The molecule has 0 aliphatic carbocycles. The lowest BCUT2D eigenvalue weighted by atomic mass is 9.93. The molecule has 1 saturated heterocycles. The molecule has 1 fully saturated rings. The van der Waals surface area contributed by atoms with Gasteiger partial charge < -0.3 is 19.2 Å². The minimum Gasteiger partial charge on any atom is -0.453 e. The summed E-state index contributed by atoms with van der Waals surface area (Å²) < 4.78 is 7.52. The van der Waals surface area contributed by atoms with E-state index in [1.807, 2.05) is 4.57 Å². The quantitative estimate of drug-likeness (QED) is 0.542. The predicted octanol–water partition coefficient (Wildman–Crippen LogP) is 1.58. The Labute approximate surface area is 164 Å². The first-order valence-corrected chi connectivity index (χ1v) is 9.75. The smallest absolute Gasteiger partial charge is 0.303 e. The Balaban J connectivity index is 1.55. The van der Waals surface area contributed by atoms with Crippen molar-refractivity contribution >= 4 is 39.0 Å². The number of piperidine rings is 1. The number of rotatable bonds is 5. The van der Waals surface area contributed by atoms with Crippen LogP contribution in [0.5, 0.6) is 0 Å². The van der Waals surface area contributed by atoms with E-state index in [0.29, 0.717) is 34.9 Å². The molecule has 2 N–H and O–H groups in total. The number of carbonyl (C=O) groups is 2. The van der Waals surface area contributed by atoms with Crippen LogP contribution in [0.1, 0.15) is 33.1 Å². The molecule has 1 aliphatic rings. The normalized spacial score (nSPS) is 16.5. The molecule has 9 nitrogen and oxygen atoms in total. The summed E-state index contributed by atoms with van der Waals surface area (Å²) in [5.41, 5.74) is 1.50. The van der Waals surface area contributed by atoms with E-state index in [4.69, 9.17) is 10.1 Å². The highest BCUT2D eigenvalue weighted by Gasteiger charge is 2.27. The predicted molar refractivity (Wildman–Crippen MR) is 101 cm³/mol. The Kier molecular flexibility index (Phi) is 5.93. The van der Waals surface area contributed by atoms with E-state index in [9.17, 15) is 9.59 Å². The number of hydrogen-bond donors (Lipinski definition) is 2. The third kappa shape index (κ3) is 4.55. The Morgan fingerprint density at radius 1 is 1.44 bits per heavy atom. The third-order valence-electron chi connectivity index (χ3n) is 4.89. The molecule has 0 bridgehead atoms. The number of amides is 1. The van der Waals surface area contributed by atoms with Crippen molar-refractivity contribution in [3.05, 3.63) is 16.5 Å². The lowest BCUT2D eigenvalue weighted by Crippen LogP contribution is -2.44. The summed E-state index contributed by atoms with van der Waals surface area (Å²) in [5, 5.41) is 7.86. The zero-order chi connectivity index (χ0) is 19.6. The number of carbonyl (C=O) groups excluding carboxylic acids is 2. The molecule has 1 atom stereocenters. The molecule has 1 aliphatic heterocycles. The van der Waals surface area contributed by atoms with Gasteiger partial charge in [-0.05, 0) is 48.0 Å². The molecular weight excluding hydrogens is 416 g/mol. The topological polar surface area (TPSA) is 117 Å². The summed E-state index contributed by atoms with van der Waals surface area (Å²) >= 11 is 3.31. The van der Waals surface area contributed by atoms with Crippen LogP contribution in [-0.2, 0) is 20.9 Å². The van der Waals surface area contributed by atoms with Crippen molar-refractivity contribution in [3.8, 4) is 0 Å². The molecular formula is C17H23BrN6O3. The van der Waals surface area contributed by atoms with E-state index < -0.39 is 12.1 Å². The number of aromatic nitrogens is 4. The molecule has 146 valence electrons. The lowest BCUT2D eigenvalue weighted by molar-refractivity contribution is -0.158. The first-order chi connectivity index (χ1) is 12.8. The van der Waals surface area contributed by atoms with Gasteiger partial charge in [-0.3, -0.25) is 15.0 Å². The number of likely N-dealkylation sites (tertiary alicyclic amines) is 1. The van der Waals surface area contributed by atoms with Gasteiger partial charge >= 0.3 is 5.97 Å². The van der Waals surface area contributed by atoms with Crippen LogP contribution in [0.3, 0.4) is 0 Å². The minimum atomic E-state index is -0.726. The molecule has 10 heteroatoms. The summed E-state index contributed by atoms with van der Waals surface area (Å²) in [6, 6.07) is 0. The second-order valence-corrected chi connectivity index (χ2v) is 7.57. The maximum Gasteiger partial charge on any atom is 0.303 e. The van der Waals surface area contributed by atoms with Crippen LogP contribution in [-0.4, -0.2) is 55.5 Å². The number of aryl methyl sites for hydroxylation is 1. The first kappa shape index (κ1) is 19.5. The monoisotopic (exact) mass is 438 g/mol. The van der Waals surface area contributed by atoms with Crippen LogP contribution in [0.4, 0.5) is 0 Å². The van der Waals surface area contributed by atoms with Gasteiger partial charge in [0.05, 0.1) is 6.33 Å². The lowest BCUT2D eigenvalue weighted by Gasteiger charge is -2.33. The molecule has 0 spiro atoms. The third-order valence-corrected chi connectivity index (χ3v) is 5.26. The van der Waals surface area contributed by atoms with Crippen molar-refractivity contribution in [1.29, 1.82) is 5.41 Å². The van der Waals surface area contributed by atoms with E-state index in [1.165, 1.54) is 6.92 Å². The molecule has 27 heavy (non-hydrogen) atoms. The molecule has 3 heterocycles. The van der Waals surface area contributed by atoms with Crippen LogP contribution >= 0.6 is 15.9 Å². The number of esters is 1. The first-order valence-electron chi connectivity index (χ1n) is 8.96. The van der Waals surface area contributed by atoms with Gasteiger partial charge in [0.15, 0.2) is 22.0 Å². The number of imidazole rings is 1. The van der Waals surface area contributed by atoms with Crippen molar-refractivity contribution in [2.45, 2.75) is 45.8 Å². The summed E-state index contributed by atoms with van der Waals surface area (Å²) in [4.78, 5) is 36.6. The van der Waals surface area contributed by atoms with Gasteiger partial charge in [-0.1, -0.05) is 0 Å². The SMILES string of the molecule is CC(=O)O[C@@H](C)C(=O)N1CCC(CCn2cnc(=N)c3[nH]c(Br)nc32)CC1. The Hall–Kier alpha value is -2.23. The van der Waals surface area contributed by atoms with Gasteiger partial charge in [-0.15, -0.1) is 0 Å². The number of fused-ring (bicyclic) bond motifs is 1. The summed E-state index contributed by atoms with van der Waals surface area (Å²) in [6.07, 6.45) is 3.70. The minimum absolute atomic E-state index is 0.128. The Morgan fingerprint density at radius 2 is 2.15 bits per heavy atom. The van der Waals surface area contributed by atoms with E-state index >= 15 is 0 Å². The molecule has 0 aromatic carbocycles. The Bertz CT molecular complexity index is 900. The van der Waals surface area contributed by atoms with Gasteiger partial charge in [0.2, 0.25) is 0 Å². The van der Waals surface area contributed by atoms with Gasteiger partial charge in [-0.25, -0.2) is 9.97 Å². The molecule has 3 rings (SSSR count).